The molecule has 3 aromatic rings. The summed E-state index contributed by atoms with van der Waals surface area (Å²) in [7, 11) is 0. The van der Waals surface area contributed by atoms with Crippen molar-refractivity contribution in [2.45, 2.75) is 19.8 Å². The Kier molecular flexibility index (Phi) is 5.06. The minimum atomic E-state index is 0.454. The summed E-state index contributed by atoms with van der Waals surface area (Å²) in [4.78, 5) is 0. The van der Waals surface area contributed by atoms with Crippen molar-refractivity contribution < 1.29 is 0 Å². The van der Waals surface area contributed by atoms with E-state index in [-0.39, 0.29) is 0 Å². The van der Waals surface area contributed by atoms with Crippen LogP contribution in [-0.2, 0) is 0 Å². The fraction of sp³-hybridized carbons (Fsp3) is 0.167. The van der Waals surface area contributed by atoms with Gasteiger partial charge in [-0.15, -0.1) is 0 Å². The smallest absolute Gasteiger partial charge is 0.216 e. The van der Waals surface area contributed by atoms with Gasteiger partial charge in [0.2, 0.25) is 4.77 Å². The van der Waals surface area contributed by atoms with Crippen LogP contribution < -0.4 is 0 Å². The van der Waals surface area contributed by atoms with Crippen LogP contribution in [0.4, 0.5) is 0 Å². The van der Waals surface area contributed by atoms with Crippen LogP contribution in [0.2, 0.25) is 0 Å². The first-order valence-corrected chi connectivity index (χ1v) is 8.83. The molecule has 1 aromatic heterocycles. The van der Waals surface area contributed by atoms with Crippen LogP contribution in [0, 0.1) is 4.77 Å². The van der Waals surface area contributed by atoms with Gasteiger partial charge in [-0.05, 0) is 41.4 Å². The van der Waals surface area contributed by atoms with Crippen molar-refractivity contribution in [1.29, 1.82) is 0 Å². The van der Waals surface area contributed by atoms with Gasteiger partial charge in [-0.25, -0.2) is 5.10 Å². The third kappa shape index (κ3) is 3.55. The van der Waals surface area contributed by atoms with E-state index in [1.165, 1.54) is 5.56 Å². The fourth-order valence-electron chi connectivity index (χ4n) is 2.31. The second-order valence-electron chi connectivity index (χ2n) is 5.71. The molecule has 0 aliphatic heterocycles. The van der Waals surface area contributed by atoms with Crippen LogP contribution in [0.1, 0.15) is 30.9 Å². The molecule has 0 unspecified atom stereocenters. The minimum Gasteiger partial charge on any atom is -0.250 e. The number of halogens is 1. The molecule has 0 aliphatic rings. The Morgan fingerprint density at radius 2 is 1.88 bits per heavy atom. The van der Waals surface area contributed by atoms with E-state index in [4.69, 9.17) is 12.2 Å². The van der Waals surface area contributed by atoms with E-state index >= 15 is 0 Å². The number of nitrogens with one attached hydrogen (secondary N) is 1. The Balaban J connectivity index is 1.95. The van der Waals surface area contributed by atoms with E-state index in [0.717, 1.165) is 15.6 Å². The second-order valence-corrected chi connectivity index (χ2v) is 6.95. The SMILES string of the molecule is CC(C)c1ccc(/C=N\n2c(-c3ccccc3Br)n[nH]c2=S)cc1. The molecule has 0 amide bonds. The number of benzene rings is 2. The van der Waals surface area contributed by atoms with Crippen LogP contribution >= 0.6 is 28.1 Å². The average molecular weight is 401 g/mol. The molecule has 1 heterocycles. The predicted molar refractivity (Wildman–Crippen MR) is 104 cm³/mol. The first-order valence-electron chi connectivity index (χ1n) is 7.63. The van der Waals surface area contributed by atoms with E-state index in [2.05, 4.69) is 69.3 Å². The highest BCUT2D eigenvalue weighted by molar-refractivity contribution is 9.10. The maximum Gasteiger partial charge on any atom is 0.216 e. The topological polar surface area (TPSA) is 46.0 Å². The Bertz CT molecular complexity index is 923. The largest absolute Gasteiger partial charge is 0.250 e. The molecular weight excluding hydrogens is 384 g/mol. The van der Waals surface area contributed by atoms with Gasteiger partial charge < -0.3 is 0 Å². The van der Waals surface area contributed by atoms with Crippen LogP contribution in [0.15, 0.2) is 58.1 Å². The first kappa shape index (κ1) is 16.8. The zero-order valence-corrected chi connectivity index (χ0v) is 15.8. The van der Waals surface area contributed by atoms with E-state index in [9.17, 15) is 0 Å². The maximum absolute atomic E-state index is 5.30. The summed E-state index contributed by atoms with van der Waals surface area (Å²) in [5.74, 6) is 1.18. The van der Waals surface area contributed by atoms with Crippen molar-refractivity contribution >= 4 is 34.4 Å². The molecule has 122 valence electrons. The lowest BCUT2D eigenvalue weighted by Gasteiger charge is -2.05. The Morgan fingerprint density at radius 1 is 1.17 bits per heavy atom. The van der Waals surface area contributed by atoms with Crippen LogP contribution in [0.25, 0.3) is 11.4 Å². The lowest BCUT2D eigenvalue weighted by atomic mass is 10.0. The van der Waals surface area contributed by atoms with E-state index < -0.39 is 0 Å². The number of aromatic amines is 1. The van der Waals surface area contributed by atoms with Gasteiger partial charge in [-0.2, -0.15) is 14.9 Å². The van der Waals surface area contributed by atoms with Crippen molar-refractivity contribution in [2.75, 3.05) is 0 Å². The van der Waals surface area contributed by atoms with E-state index in [1.807, 2.05) is 24.3 Å². The molecule has 4 nitrogen and oxygen atoms in total. The highest BCUT2D eigenvalue weighted by atomic mass is 79.9. The fourth-order valence-corrected chi connectivity index (χ4v) is 2.95. The normalized spacial score (nSPS) is 11.5. The van der Waals surface area contributed by atoms with E-state index in [0.29, 0.717) is 16.5 Å². The molecule has 3 rings (SSSR count). The van der Waals surface area contributed by atoms with Crippen molar-refractivity contribution in [3.63, 3.8) is 0 Å². The molecule has 0 spiro atoms. The molecule has 24 heavy (non-hydrogen) atoms. The van der Waals surface area contributed by atoms with Gasteiger partial charge in [0.05, 0.1) is 6.21 Å². The summed E-state index contributed by atoms with van der Waals surface area (Å²) in [5, 5.41) is 11.6. The molecule has 2 aromatic carbocycles. The van der Waals surface area contributed by atoms with Gasteiger partial charge in [0.15, 0.2) is 5.82 Å². The molecule has 0 saturated carbocycles. The van der Waals surface area contributed by atoms with Crippen LogP contribution in [-0.4, -0.2) is 21.1 Å². The van der Waals surface area contributed by atoms with Gasteiger partial charge in [-0.1, -0.05) is 66.2 Å². The Labute approximate surface area is 154 Å². The molecule has 0 aliphatic carbocycles. The average Bonchev–Trinajstić information content (AvgIpc) is 2.94. The second kappa shape index (κ2) is 7.23. The number of nitrogens with zero attached hydrogens (tertiary/aromatic N) is 3. The summed E-state index contributed by atoms with van der Waals surface area (Å²) in [6.07, 6.45) is 1.79. The van der Waals surface area contributed by atoms with Crippen LogP contribution in [0.3, 0.4) is 0 Å². The molecule has 1 N–H and O–H groups in total. The lowest BCUT2D eigenvalue weighted by Crippen LogP contribution is -1.96. The number of hydrogen-bond donors (Lipinski definition) is 1. The van der Waals surface area contributed by atoms with Crippen molar-refractivity contribution in [2.24, 2.45) is 5.10 Å². The van der Waals surface area contributed by atoms with Crippen molar-refractivity contribution in [1.82, 2.24) is 14.9 Å². The standard InChI is InChI=1S/C18H17BrN4S/c1-12(2)14-9-7-13(8-10-14)11-20-23-17(21-22-18(23)24)15-5-3-4-6-16(15)19/h3-12H,1-2H3,(H,22,24)/b20-11-. The van der Waals surface area contributed by atoms with Gasteiger partial charge in [0.1, 0.15) is 0 Å². The molecule has 0 fully saturated rings. The highest BCUT2D eigenvalue weighted by Gasteiger charge is 2.10. The van der Waals surface area contributed by atoms with E-state index in [1.54, 1.807) is 10.9 Å². The Morgan fingerprint density at radius 3 is 2.54 bits per heavy atom. The third-order valence-corrected chi connectivity index (χ3v) is 4.65. The van der Waals surface area contributed by atoms with Crippen LogP contribution in [0.5, 0.6) is 0 Å². The summed E-state index contributed by atoms with van der Waals surface area (Å²) < 4.78 is 3.03. The molecule has 6 heteroatoms. The molecule has 0 radical (unpaired) electrons. The number of aromatic nitrogens is 3. The minimum absolute atomic E-state index is 0.454. The highest BCUT2D eigenvalue weighted by Crippen LogP contribution is 2.26. The first-order chi connectivity index (χ1) is 11.6. The van der Waals surface area contributed by atoms with Gasteiger partial charge >= 0.3 is 0 Å². The zero-order valence-electron chi connectivity index (χ0n) is 13.4. The zero-order chi connectivity index (χ0) is 17.1. The summed E-state index contributed by atoms with van der Waals surface area (Å²) in [6, 6.07) is 16.2. The van der Waals surface area contributed by atoms with Gasteiger partial charge in [0, 0.05) is 10.0 Å². The third-order valence-electron chi connectivity index (χ3n) is 3.69. The number of rotatable bonds is 4. The quantitative estimate of drug-likeness (QED) is 0.472. The molecule has 0 saturated heterocycles. The molecular formula is C18H17BrN4S. The Hall–Kier alpha value is -2.05. The predicted octanol–water partition coefficient (Wildman–Crippen LogP) is 5.38. The van der Waals surface area contributed by atoms with Crippen molar-refractivity contribution in [3.05, 3.63) is 68.9 Å². The van der Waals surface area contributed by atoms with Crippen molar-refractivity contribution in [3.8, 4) is 11.4 Å². The number of H-pyrrole nitrogens is 1. The summed E-state index contributed by atoms with van der Waals surface area (Å²) in [6.45, 7) is 4.36. The molecule has 0 atom stereocenters. The molecule has 0 bridgehead atoms. The summed E-state index contributed by atoms with van der Waals surface area (Å²) in [5.41, 5.74) is 3.25. The maximum atomic E-state index is 5.30. The summed E-state index contributed by atoms with van der Waals surface area (Å²) >= 11 is 8.84. The number of hydrogen-bond acceptors (Lipinski definition) is 3. The van der Waals surface area contributed by atoms with Gasteiger partial charge in [-0.3, -0.25) is 0 Å². The monoisotopic (exact) mass is 400 g/mol. The lowest BCUT2D eigenvalue weighted by molar-refractivity contribution is 0.865. The van der Waals surface area contributed by atoms with Gasteiger partial charge in [0.25, 0.3) is 0 Å².